The van der Waals surface area contributed by atoms with Crippen molar-refractivity contribution in [3.05, 3.63) is 30.0 Å². The van der Waals surface area contributed by atoms with Crippen LogP contribution < -0.4 is 20.3 Å². The van der Waals surface area contributed by atoms with Crippen LogP contribution in [0.15, 0.2) is 29.4 Å². The number of piperazine rings is 1. The number of benzene rings is 1. The summed E-state index contributed by atoms with van der Waals surface area (Å²) in [7, 11) is 3.64. The molecular weight excluding hydrogens is 535 g/mol. The van der Waals surface area contributed by atoms with Gasteiger partial charge in [-0.1, -0.05) is 26.7 Å². The lowest BCUT2D eigenvalue weighted by atomic mass is 9.85. The number of rotatable bonds is 9. The second kappa shape index (κ2) is 13.5. The van der Waals surface area contributed by atoms with Crippen molar-refractivity contribution in [2.24, 2.45) is 16.8 Å². The van der Waals surface area contributed by atoms with Gasteiger partial charge in [0.2, 0.25) is 11.9 Å². The van der Waals surface area contributed by atoms with E-state index in [1.54, 1.807) is 13.3 Å². The van der Waals surface area contributed by atoms with E-state index in [4.69, 9.17) is 4.74 Å². The highest BCUT2D eigenvalue weighted by atomic mass is 19.4. The lowest BCUT2D eigenvalue weighted by Gasteiger charge is -2.34. The second-order valence-electron chi connectivity index (χ2n) is 11.2. The zero-order valence-corrected chi connectivity index (χ0v) is 24.2. The summed E-state index contributed by atoms with van der Waals surface area (Å²) in [6.45, 7) is 7.58. The number of carbonyl (C=O) groups is 1. The van der Waals surface area contributed by atoms with Gasteiger partial charge in [0.25, 0.3) is 0 Å². The fourth-order valence-electron chi connectivity index (χ4n) is 5.20. The minimum atomic E-state index is -4.64. The third-order valence-corrected chi connectivity index (χ3v) is 7.53. The molecule has 2 fully saturated rings. The Morgan fingerprint density at radius 1 is 1.20 bits per heavy atom. The molecule has 41 heavy (non-hydrogen) atoms. The first-order valence-electron chi connectivity index (χ1n) is 14.2. The molecule has 2 heterocycles. The van der Waals surface area contributed by atoms with Crippen LogP contribution in [-0.4, -0.2) is 73.4 Å². The van der Waals surface area contributed by atoms with Crippen LogP contribution in [0.5, 0.6) is 5.75 Å². The minimum Gasteiger partial charge on any atom is -0.494 e. The lowest BCUT2D eigenvalue weighted by molar-refractivity contribution is -0.137. The van der Waals surface area contributed by atoms with Crippen molar-refractivity contribution in [3.8, 4) is 5.75 Å². The van der Waals surface area contributed by atoms with E-state index in [0.29, 0.717) is 24.3 Å². The Balaban J connectivity index is 1.55. The van der Waals surface area contributed by atoms with E-state index in [0.717, 1.165) is 57.3 Å². The molecule has 1 aliphatic carbocycles. The van der Waals surface area contributed by atoms with Crippen molar-refractivity contribution in [1.82, 2.24) is 14.9 Å². The number of nitrogens with one attached hydrogen (secondary N) is 2. The van der Waals surface area contributed by atoms with Gasteiger partial charge in [-0.05, 0) is 37.9 Å². The molecule has 2 aromatic rings. The van der Waals surface area contributed by atoms with Crippen LogP contribution in [-0.2, 0) is 11.0 Å². The predicted molar refractivity (Wildman–Crippen MR) is 155 cm³/mol. The fourth-order valence-corrected chi connectivity index (χ4v) is 5.20. The molecular formula is C29H40F3N7O2. The molecule has 2 N–H and O–H groups in total. The van der Waals surface area contributed by atoms with Gasteiger partial charge >= 0.3 is 6.18 Å². The van der Waals surface area contributed by atoms with Crippen LogP contribution in [0.1, 0.15) is 51.5 Å². The largest absolute Gasteiger partial charge is 0.494 e. The smallest absolute Gasteiger partial charge is 0.421 e. The average Bonchev–Trinajstić information content (AvgIpc) is 2.92. The standard InChI is InChI=1S/C29H40F3N7O2/c1-19(2)15-26(40)33-17-20-7-5-6-8-23(20)35-27-22(29(30,31)32)18-34-28(37-27)36-24-10-9-21(16-25(24)41-4)39-13-11-38(3)12-14-39/h9-10,16-20,23H,5-8,11-15H2,1-4H3,(H2,34,35,36,37)/t20?,23-/m1/s1. The van der Waals surface area contributed by atoms with Crippen LogP contribution in [0.3, 0.4) is 0 Å². The maximum Gasteiger partial charge on any atom is 0.421 e. The van der Waals surface area contributed by atoms with Crippen molar-refractivity contribution in [2.45, 2.75) is 58.2 Å². The van der Waals surface area contributed by atoms with E-state index in [2.05, 4.69) is 42.4 Å². The molecule has 1 aliphatic heterocycles. The van der Waals surface area contributed by atoms with Crippen molar-refractivity contribution < 1.29 is 22.7 Å². The van der Waals surface area contributed by atoms with Gasteiger partial charge in [0.05, 0.1) is 12.8 Å². The average molecular weight is 576 g/mol. The molecule has 0 spiro atoms. The van der Waals surface area contributed by atoms with E-state index in [9.17, 15) is 18.0 Å². The zero-order chi connectivity index (χ0) is 29.6. The summed E-state index contributed by atoms with van der Waals surface area (Å²) >= 11 is 0. The maximum absolute atomic E-state index is 14.0. The first kappa shape index (κ1) is 30.5. The summed E-state index contributed by atoms with van der Waals surface area (Å²) in [5, 5.41) is 6.06. The Kier molecular flexibility index (Phi) is 10.1. The lowest BCUT2D eigenvalue weighted by Crippen LogP contribution is -2.44. The number of ether oxygens (including phenoxy) is 1. The van der Waals surface area contributed by atoms with Crippen molar-refractivity contribution in [3.63, 3.8) is 0 Å². The third-order valence-electron chi connectivity index (χ3n) is 7.53. The van der Waals surface area contributed by atoms with Gasteiger partial charge < -0.3 is 25.2 Å². The second-order valence-corrected chi connectivity index (χ2v) is 11.2. The van der Waals surface area contributed by atoms with Gasteiger partial charge in [-0.2, -0.15) is 18.2 Å². The van der Waals surface area contributed by atoms with E-state index >= 15 is 0 Å². The van der Waals surface area contributed by atoms with Crippen LogP contribution in [0.25, 0.3) is 0 Å². The number of likely N-dealkylation sites (N-methyl/N-ethyl adjacent to an activating group) is 1. The Hall–Kier alpha value is -3.41. The predicted octanol–water partition coefficient (Wildman–Crippen LogP) is 5.61. The molecule has 1 saturated heterocycles. The first-order chi connectivity index (χ1) is 19.5. The highest BCUT2D eigenvalue weighted by molar-refractivity contribution is 5.86. The topological polar surface area (TPSA) is 95.0 Å². The first-order valence-corrected chi connectivity index (χ1v) is 14.2. The Morgan fingerprint density at radius 2 is 1.93 bits per heavy atom. The normalized spacial score (nSPS) is 20.4. The number of hydrogen-bond acceptors (Lipinski definition) is 8. The molecule has 1 aromatic heterocycles. The van der Waals surface area contributed by atoms with Crippen molar-refractivity contribution >= 4 is 35.3 Å². The highest BCUT2D eigenvalue weighted by Crippen LogP contribution is 2.37. The van der Waals surface area contributed by atoms with Crippen molar-refractivity contribution in [1.29, 1.82) is 0 Å². The minimum absolute atomic E-state index is 0.0132. The van der Waals surface area contributed by atoms with Crippen LogP contribution in [0, 0.1) is 11.8 Å². The monoisotopic (exact) mass is 575 g/mol. The molecule has 1 amide bonds. The molecule has 0 bridgehead atoms. The Morgan fingerprint density at radius 3 is 2.61 bits per heavy atom. The van der Waals surface area contributed by atoms with Crippen LogP contribution >= 0.6 is 0 Å². The molecule has 224 valence electrons. The highest BCUT2D eigenvalue weighted by Gasteiger charge is 2.37. The molecule has 0 radical (unpaired) electrons. The summed E-state index contributed by atoms with van der Waals surface area (Å²) in [6.07, 6.45) is 1.22. The summed E-state index contributed by atoms with van der Waals surface area (Å²) in [5.74, 6) is 0.0222. The van der Waals surface area contributed by atoms with E-state index in [-0.39, 0.29) is 35.6 Å². The number of alkyl halides is 3. The van der Waals surface area contributed by atoms with Gasteiger partial charge in [0, 0.05) is 68.7 Å². The third kappa shape index (κ3) is 8.31. The van der Waals surface area contributed by atoms with Crippen LogP contribution in [0.2, 0.25) is 0 Å². The van der Waals surface area contributed by atoms with E-state index < -0.39 is 11.7 Å². The summed E-state index contributed by atoms with van der Waals surface area (Å²) in [6, 6.07) is 5.33. The van der Waals surface area contributed by atoms with Gasteiger partial charge in [-0.25, -0.2) is 9.98 Å². The molecule has 12 heteroatoms. The molecule has 1 unspecified atom stereocenters. The van der Waals surface area contributed by atoms with Gasteiger partial charge in [-0.3, -0.25) is 4.79 Å². The molecule has 1 aromatic carbocycles. The number of aliphatic imine (C=N–C) groups is 1. The van der Waals surface area contributed by atoms with Gasteiger partial charge in [0.15, 0.2) is 0 Å². The summed E-state index contributed by atoms with van der Waals surface area (Å²) in [4.78, 5) is 29.0. The molecule has 1 saturated carbocycles. The van der Waals surface area contributed by atoms with Gasteiger partial charge in [0.1, 0.15) is 17.1 Å². The number of aromatic nitrogens is 2. The Bertz CT molecular complexity index is 1210. The summed E-state index contributed by atoms with van der Waals surface area (Å²) < 4.78 is 47.5. The maximum atomic E-state index is 14.0. The van der Waals surface area contributed by atoms with Gasteiger partial charge in [-0.15, -0.1) is 0 Å². The van der Waals surface area contributed by atoms with Crippen molar-refractivity contribution in [2.75, 3.05) is 55.9 Å². The van der Waals surface area contributed by atoms with Crippen LogP contribution in [0.4, 0.5) is 36.3 Å². The fraction of sp³-hybridized carbons (Fsp3) is 0.586. The van der Waals surface area contributed by atoms with E-state index in [1.165, 1.54) is 0 Å². The number of hydrogen-bond donors (Lipinski definition) is 2. The number of methoxy groups -OCH3 is 1. The quantitative estimate of drug-likeness (QED) is 0.373. The number of amides is 1. The molecule has 2 aliphatic rings. The number of anilines is 4. The molecule has 4 rings (SSSR count). The SMILES string of the molecule is COc1cc(N2CCN(C)CC2)ccc1Nc1ncc(C(F)(F)F)c(N[C@@H]2CCCCC2C=NC(=O)CC(C)C)n1. The summed E-state index contributed by atoms with van der Waals surface area (Å²) in [5.41, 5.74) is 0.605. The molecule has 2 atom stereocenters. The Labute approximate surface area is 239 Å². The number of nitrogens with zero attached hydrogens (tertiary/aromatic N) is 5. The number of halogens is 3. The number of carbonyl (C=O) groups excluding carboxylic acids is 1. The van der Waals surface area contributed by atoms with E-state index in [1.807, 2.05) is 32.0 Å². The molecule has 9 nitrogen and oxygen atoms in total. The zero-order valence-electron chi connectivity index (χ0n) is 24.2.